The molecule has 1 aromatic heterocycles. The van der Waals surface area contributed by atoms with Gasteiger partial charge in [-0.05, 0) is 40.1 Å². The topological polar surface area (TPSA) is 59.3 Å². The van der Waals surface area contributed by atoms with Crippen LogP contribution >= 0.6 is 0 Å². The number of benzene rings is 3. The first-order chi connectivity index (χ1) is 16.8. The predicted octanol–water partition coefficient (Wildman–Crippen LogP) is 3.84. The van der Waals surface area contributed by atoms with Crippen LogP contribution < -0.4 is 9.64 Å². The van der Waals surface area contributed by atoms with E-state index in [1.165, 1.54) is 11.1 Å². The third-order valence-corrected chi connectivity index (χ3v) is 6.48. The maximum absolute atomic E-state index is 5.60. The summed E-state index contributed by atoms with van der Waals surface area (Å²) in [6.45, 7) is 4.38. The van der Waals surface area contributed by atoms with Gasteiger partial charge in [-0.25, -0.2) is 4.68 Å². The van der Waals surface area contributed by atoms with Crippen LogP contribution in [0.5, 0.6) is 5.75 Å². The second kappa shape index (κ2) is 10.5. The second-order valence-electron chi connectivity index (χ2n) is 8.50. The minimum Gasteiger partial charge on any atom is -0.495 e. The van der Waals surface area contributed by atoms with Crippen molar-refractivity contribution in [3.8, 4) is 5.75 Å². The highest BCUT2D eigenvalue weighted by molar-refractivity contribution is 5.58. The van der Waals surface area contributed by atoms with Crippen LogP contribution in [0.15, 0.2) is 84.9 Å². The third kappa shape index (κ3) is 4.79. The lowest BCUT2D eigenvalue weighted by Gasteiger charge is -2.40. The van der Waals surface area contributed by atoms with Crippen LogP contribution in [0, 0.1) is 0 Å². The fourth-order valence-electron chi connectivity index (χ4n) is 4.72. The summed E-state index contributed by atoms with van der Waals surface area (Å²) in [6.07, 6.45) is 0.891. The monoisotopic (exact) mass is 454 g/mol. The molecule has 0 unspecified atom stereocenters. The molecule has 0 spiro atoms. The molecule has 1 saturated heterocycles. The molecule has 5 rings (SSSR count). The van der Waals surface area contributed by atoms with Crippen molar-refractivity contribution in [3.05, 3.63) is 102 Å². The van der Waals surface area contributed by atoms with E-state index in [-0.39, 0.29) is 6.04 Å². The van der Waals surface area contributed by atoms with E-state index in [2.05, 4.69) is 92.1 Å². The summed E-state index contributed by atoms with van der Waals surface area (Å²) in [4.78, 5) is 4.89. The smallest absolute Gasteiger partial charge is 0.173 e. The van der Waals surface area contributed by atoms with E-state index in [4.69, 9.17) is 4.74 Å². The summed E-state index contributed by atoms with van der Waals surface area (Å²) < 4.78 is 7.56. The number of tetrazole rings is 1. The zero-order valence-electron chi connectivity index (χ0n) is 19.5. The molecule has 7 nitrogen and oxygen atoms in total. The number of aryl methyl sites for hydroxylation is 2. The van der Waals surface area contributed by atoms with Crippen molar-refractivity contribution < 1.29 is 4.74 Å². The van der Waals surface area contributed by atoms with Gasteiger partial charge >= 0.3 is 0 Å². The van der Waals surface area contributed by atoms with Gasteiger partial charge in [0, 0.05) is 32.7 Å². The Bertz CT molecular complexity index is 1170. The third-order valence-electron chi connectivity index (χ3n) is 6.48. The normalized spacial score (nSPS) is 15.3. The number of aromatic nitrogens is 4. The molecule has 0 aliphatic carbocycles. The van der Waals surface area contributed by atoms with Gasteiger partial charge < -0.3 is 9.64 Å². The number of piperazine rings is 1. The predicted molar refractivity (Wildman–Crippen MR) is 133 cm³/mol. The molecule has 174 valence electrons. The van der Waals surface area contributed by atoms with E-state index in [1.54, 1.807) is 7.11 Å². The molecule has 0 radical (unpaired) electrons. The van der Waals surface area contributed by atoms with Gasteiger partial charge in [-0.1, -0.05) is 72.8 Å². The summed E-state index contributed by atoms with van der Waals surface area (Å²) in [5.41, 5.74) is 3.64. The van der Waals surface area contributed by atoms with E-state index in [0.717, 1.165) is 56.4 Å². The molecule has 1 aliphatic rings. The summed E-state index contributed by atoms with van der Waals surface area (Å²) in [6, 6.07) is 29.3. The molecule has 1 fully saturated rings. The molecule has 0 saturated carbocycles. The Kier molecular flexibility index (Phi) is 6.81. The fourth-order valence-corrected chi connectivity index (χ4v) is 4.72. The zero-order valence-corrected chi connectivity index (χ0v) is 19.5. The molecule has 0 N–H and O–H groups in total. The molecule has 34 heavy (non-hydrogen) atoms. The van der Waals surface area contributed by atoms with Crippen LogP contribution in [0.4, 0.5) is 5.69 Å². The number of ether oxygens (including phenoxy) is 1. The van der Waals surface area contributed by atoms with Crippen molar-refractivity contribution in [1.82, 2.24) is 25.1 Å². The summed E-state index contributed by atoms with van der Waals surface area (Å²) in [7, 11) is 1.73. The maximum Gasteiger partial charge on any atom is 0.173 e. The van der Waals surface area contributed by atoms with Crippen molar-refractivity contribution in [3.63, 3.8) is 0 Å². The van der Waals surface area contributed by atoms with E-state index in [9.17, 15) is 0 Å². The Morgan fingerprint density at radius 1 is 0.824 bits per heavy atom. The first kappa shape index (κ1) is 22.1. The number of methoxy groups -OCH3 is 1. The number of hydrogen-bond donors (Lipinski definition) is 0. The van der Waals surface area contributed by atoms with Gasteiger partial charge in [-0.15, -0.1) is 5.10 Å². The van der Waals surface area contributed by atoms with Gasteiger partial charge in [0.25, 0.3) is 0 Å². The Morgan fingerprint density at radius 2 is 1.50 bits per heavy atom. The quantitative estimate of drug-likeness (QED) is 0.403. The number of para-hydroxylation sites is 2. The summed E-state index contributed by atoms with van der Waals surface area (Å²) in [5, 5.41) is 12.9. The van der Waals surface area contributed by atoms with Crippen LogP contribution in [-0.2, 0) is 13.0 Å². The van der Waals surface area contributed by atoms with Crippen LogP contribution in [0.2, 0.25) is 0 Å². The number of anilines is 1. The van der Waals surface area contributed by atoms with E-state index in [0.29, 0.717) is 0 Å². The first-order valence-corrected chi connectivity index (χ1v) is 11.8. The van der Waals surface area contributed by atoms with Crippen molar-refractivity contribution in [2.75, 3.05) is 38.2 Å². The van der Waals surface area contributed by atoms with E-state index < -0.39 is 0 Å². The van der Waals surface area contributed by atoms with Gasteiger partial charge in [-0.3, -0.25) is 4.90 Å². The molecule has 1 atom stereocenters. The van der Waals surface area contributed by atoms with Crippen molar-refractivity contribution in [1.29, 1.82) is 0 Å². The van der Waals surface area contributed by atoms with Crippen molar-refractivity contribution in [2.45, 2.75) is 19.0 Å². The zero-order chi connectivity index (χ0) is 23.2. The van der Waals surface area contributed by atoms with Crippen molar-refractivity contribution in [2.24, 2.45) is 0 Å². The van der Waals surface area contributed by atoms with Crippen molar-refractivity contribution >= 4 is 5.69 Å². The van der Waals surface area contributed by atoms with Crippen LogP contribution in [0.25, 0.3) is 0 Å². The highest BCUT2D eigenvalue weighted by Crippen LogP contribution is 2.32. The fraction of sp³-hybridized carbons (Fsp3) is 0.296. The highest BCUT2D eigenvalue weighted by Gasteiger charge is 2.31. The standard InChI is InChI=1S/C27H30N6O/c1-34-25-15-9-8-14-24(25)31-18-20-32(21-19-31)26(23-12-6-3-7-13-23)27-28-29-30-33(27)17-16-22-10-4-2-5-11-22/h2-15,26H,16-21H2,1H3/t26-/m1/s1. The van der Waals surface area contributed by atoms with E-state index >= 15 is 0 Å². The molecule has 4 aromatic rings. The molecular formula is C27H30N6O. The molecule has 3 aromatic carbocycles. The SMILES string of the molecule is COc1ccccc1N1CCN([C@H](c2ccccc2)c2nnnn2CCc2ccccc2)CC1. The molecular weight excluding hydrogens is 424 g/mol. The average molecular weight is 455 g/mol. The van der Waals surface area contributed by atoms with Gasteiger partial charge in [0.2, 0.25) is 0 Å². The lowest BCUT2D eigenvalue weighted by Crippen LogP contribution is -2.48. The molecule has 7 heteroatoms. The lowest BCUT2D eigenvalue weighted by atomic mass is 10.0. The van der Waals surface area contributed by atoms with Gasteiger partial charge in [0.05, 0.1) is 18.8 Å². The minimum absolute atomic E-state index is 0.00629. The lowest BCUT2D eigenvalue weighted by molar-refractivity contribution is 0.200. The van der Waals surface area contributed by atoms with Crippen LogP contribution in [0.3, 0.4) is 0 Å². The van der Waals surface area contributed by atoms with E-state index in [1.807, 2.05) is 22.9 Å². The molecule has 2 heterocycles. The minimum atomic E-state index is 0.00629. The second-order valence-corrected chi connectivity index (χ2v) is 8.50. The number of nitrogens with zero attached hydrogens (tertiary/aromatic N) is 6. The number of hydrogen-bond acceptors (Lipinski definition) is 6. The van der Waals surface area contributed by atoms with Crippen LogP contribution in [0.1, 0.15) is 23.0 Å². The Balaban J connectivity index is 1.37. The van der Waals surface area contributed by atoms with Gasteiger partial charge in [0.1, 0.15) is 5.75 Å². The largest absolute Gasteiger partial charge is 0.495 e. The Hall–Kier alpha value is -3.71. The van der Waals surface area contributed by atoms with Crippen LogP contribution in [-0.4, -0.2) is 58.4 Å². The molecule has 0 bridgehead atoms. The Morgan fingerprint density at radius 3 is 2.24 bits per heavy atom. The molecule has 1 aliphatic heterocycles. The highest BCUT2D eigenvalue weighted by atomic mass is 16.5. The summed E-state index contributed by atoms with van der Waals surface area (Å²) in [5.74, 6) is 1.81. The average Bonchev–Trinajstić information content (AvgIpc) is 3.37. The van der Waals surface area contributed by atoms with Gasteiger partial charge in [-0.2, -0.15) is 0 Å². The first-order valence-electron chi connectivity index (χ1n) is 11.8. The maximum atomic E-state index is 5.60. The number of rotatable bonds is 8. The molecule has 0 amide bonds. The van der Waals surface area contributed by atoms with Gasteiger partial charge in [0.15, 0.2) is 5.82 Å². The summed E-state index contributed by atoms with van der Waals surface area (Å²) >= 11 is 0. The Labute approximate surface area is 200 Å².